The summed E-state index contributed by atoms with van der Waals surface area (Å²) in [4.78, 5) is 45.6. The van der Waals surface area contributed by atoms with Crippen molar-refractivity contribution in [3.8, 4) is 0 Å². The lowest BCUT2D eigenvalue weighted by Gasteiger charge is -2.33. The standard InChI is InChI=1S/C31H34ClFN4O3/c32-24-16-14-23(15-17-24)30(31(40)35-26-7-2-1-3-8-26)37(21-22-12-18-25(33)19-13-22)29(39)11-6-10-28(38)36-27-9-4-5-20-34-27/h4-5,9,12-20,26,30H,1-3,6-8,10-11,21H2,(H,35,40)(H,34,36,38)/t30-/m1/s1. The minimum Gasteiger partial charge on any atom is -0.351 e. The molecule has 3 amide bonds. The van der Waals surface area contributed by atoms with Gasteiger partial charge < -0.3 is 15.5 Å². The number of aromatic nitrogens is 1. The van der Waals surface area contributed by atoms with E-state index in [4.69, 9.17) is 11.6 Å². The predicted molar refractivity (Wildman–Crippen MR) is 153 cm³/mol. The van der Waals surface area contributed by atoms with Gasteiger partial charge in [0.05, 0.1) is 0 Å². The number of pyridine rings is 1. The van der Waals surface area contributed by atoms with E-state index in [1.54, 1.807) is 60.8 Å². The van der Waals surface area contributed by atoms with Crippen LogP contribution in [0.5, 0.6) is 0 Å². The summed E-state index contributed by atoms with van der Waals surface area (Å²) in [5.41, 5.74) is 1.31. The summed E-state index contributed by atoms with van der Waals surface area (Å²) >= 11 is 6.14. The Labute approximate surface area is 239 Å². The third kappa shape index (κ3) is 8.61. The second-order valence-corrected chi connectivity index (χ2v) is 10.5. The fourth-order valence-corrected chi connectivity index (χ4v) is 5.07. The maximum Gasteiger partial charge on any atom is 0.247 e. The van der Waals surface area contributed by atoms with Crippen molar-refractivity contribution in [1.29, 1.82) is 0 Å². The molecule has 4 rings (SSSR count). The van der Waals surface area contributed by atoms with Crippen molar-refractivity contribution < 1.29 is 18.8 Å². The molecule has 7 nitrogen and oxygen atoms in total. The van der Waals surface area contributed by atoms with E-state index in [1.807, 2.05) is 0 Å². The molecule has 0 unspecified atom stereocenters. The molecule has 0 radical (unpaired) electrons. The van der Waals surface area contributed by atoms with Gasteiger partial charge >= 0.3 is 0 Å². The lowest BCUT2D eigenvalue weighted by atomic mass is 9.94. The number of nitrogens with zero attached hydrogens (tertiary/aromatic N) is 2. The van der Waals surface area contributed by atoms with Crippen LogP contribution in [0.15, 0.2) is 72.9 Å². The van der Waals surface area contributed by atoms with Crippen LogP contribution in [-0.2, 0) is 20.9 Å². The summed E-state index contributed by atoms with van der Waals surface area (Å²) in [5, 5.41) is 6.41. The van der Waals surface area contributed by atoms with Gasteiger partial charge in [-0.15, -0.1) is 0 Å². The number of nitrogens with one attached hydrogen (secondary N) is 2. The minimum atomic E-state index is -0.918. The summed E-state index contributed by atoms with van der Waals surface area (Å²) in [6.07, 6.45) is 7.09. The molecule has 1 aliphatic carbocycles. The van der Waals surface area contributed by atoms with Crippen LogP contribution in [0.25, 0.3) is 0 Å². The quantitative estimate of drug-likeness (QED) is 0.290. The van der Waals surface area contributed by atoms with Crippen LogP contribution in [0.4, 0.5) is 10.2 Å². The van der Waals surface area contributed by atoms with Crippen molar-refractivity contribution in [3.05, 3.63) is 94.9 Å². The Hall–Kier alpha value is -3.78. The van der Waals surface area contributed by atoms with Crippen molar-refractivity contribution in [2.45, 2.75) is 70.0 Å². The van der Waals surface area contributed by atoms with Gasteiger partial charge in [-0.05, 0) is 66.8 Å². The molecule has 1 saturated carbocycles. The van der Waals surface area contributed by atoms with E-state index in [9.17, 15) is 18.8 Å². The van der Waals surface area contributed by atoms with Gasteiger partial charge in [-0.1, -0.05) is 61.2 Å². The lowest BCUT2D eigenvalue weighted by molar-refractivity contribution is -0.142. The van der Waals surface area contributed by atoms with E-state index in [1.165, 1.54) is 17.0 Å². The van der Waals surface area contributed by atoms with E-state index in [2.05, 4.69) is 15.6 Å². The first-order valence-corrected chi connectivity index (χ1v) is 14.1. The lowest BCUT2D eigenvalue weighted by Crippen LogP contribution is -2.46. The summed E-state index contributed by atoms with van der Waals surface area (Å²) in [7, 11) is 0. The van der Waals surface area contributed by atoms with Crippen molar-refractivity contribution in [2.24, 2.45) is 0 Å². The minimum absolute atomic E-state index is 0.0501. The largest absolute Gasteiger partial charge is 0.351 e. The van der Waals surface area contributed by atoms with Crippen molar-refractivity contribution in [2.75, 3.05) is 5.32 Å². The molecule has 0 spiro atoms. The highest BCUT2D eigenvalue weighted by molar-refractivity contribution is 6.30. The SMILES string of the molecule is O=C(CCCC(=O)N(Cc1ccc(F)cc1)[C@@H](C(=O)NC1CCCCC1)c1ccc(Cl)cc1)Nc1ccccn1. The first-order valence-electron chi connectivity index (χ1n) is 13.7. The average molecular weight is 565 g/mol. The second-order valence-electron chi connectivity index (χ2n) is 10.1. The Balaban J connectivity index is 1.54. The van der Waals surface area contributed by atoms with Gasteiger partial charge in [0.1, 0.15) is 17.7 Å². The van der Waals surface area contributed by atoms with Crippen molar-refractivity contribution in [1.82, 2.24) is 15.2 Å². The van der Waals surface area contributed by atoms with Crippen LogP contribution in [0, 0.1) is 5.82 Å². The molecular weight excluding hydrogens is 531 g/mol. The van der Waals surface area contributed by atoms with Crippen LogP contribution in [-0.4, -0.2) is 33.6 Å². The van der Waals surface area contributed by atoms with Crippen LogP contribution in [0.2, 0.25) is 5.02 Å². The number of hydrogen-bond acceptors (Lipinski definition) is 4. The molecule has 3 aromatic rings. The van der Waals surface area contributed by atoms with E-state index in [0.717, 1.165) is 32.1 Å². The third-order valence-corrected chi connectivity index (χ3v) is 7.26. The number of rotatable bonds is 11. The average Bonchev–Trinajstić information content (AvgIpc) is 2.96. The summed E-state index contributed by atoms with van der Waals surface area (Å²) in [6.45, 7) is 0.102. The van der Waals surface area contributed by atoms with Gasteiger partial charge in [0, 0.05) is 36.6 Å². The first-order chi connectivity index (χ1) is 19.4. The van der Waals surface area contributed by atoms with Gasteiger partial charge in [0.15, 0.2) is 0 Å². The number of carbonyl (C=O) groups excluding carboxylic acids is 3. The Morgan fingerprint density at radius 2 is 1.68 bits per heavy atom. The van der Waals surface area contributed by atoms with Gasteiger partial charge in [0.25, 0.3) is 0 Å². The summed E-state index contributed by atoms with van der Waals surface area (Å²) in [5.74, 6) is -0.740. The fourth-order valence-electron chi connectivity index (χ4n) is 4.94. The number of amides is 3. The molecule has 0 saturated heterocycles. The molecule has 40 heavy (non-hydrogen) atoms. The number of carbonyl (C=O) groups is 3. The molecule has 1 atom stereocenters. The number of halogens is 2. The van der Waals surface area contributed by atoms with Crippen LogP contribution in [0.1, 0.15) is 68.5 Å². The summed E-state index contributed by atoms with van der Waals surface area (Å²) < 4.78 is 13.6. The van der Waals surface area contributed by atoms with Gasteiger partial charge in [-0.2, -0.15) is 0 Å². The molecule has 0 aliphatic heterocycles. The predicted octanol–water partition coefficient (Wildman–Crippen LogP) is 6.20. The maximum atomic E-state index is 13.8. The third-order valence-electron chi connectivity index (χ3n) is 7.01. The summed E-state index contributed by atoms with van der Waals surface area (Å²) in [6, 6.07) is 17.1. The topological polar surface area (TPSA) is 91.4 Å². The fraction of sp³-hybridized carbons (Fsp3) is 0.355. The molecule has 9 heteroatoms. The number of hydrogen-bond donors (Lipinski definition) is 2. The number of benzene rings is 2. The van der Waals surface area contributed by atoms with Gasteiger partial charge in [0.2, 0.25) is 17.7 Å². The Kier molecular flexibility index (Phi) is 10.6. The van der Waals surface area contributed by atoms with Crippen LogP contribution < -0.4 is 10.6 Å². The zero-order valence-corrected chi connectivity index (χ0v) is 23.1. The molecule has 2 N–H and O–H groups in total. The van der Waals surface area contributed by atoms with E-state index in [0.29, 0.717) is 22.0 Å². The molecule has 1 aromatic heterocycles. The molecule has 210 valence electrons. The normalized spacial score (nSPS) is 14.2. The molecular formula is C31H34ClFN4O3. The highest BCUT2D eigenvalue weighted by Crippen LogP contribution is 2.28. The molecule has 1 aliphatic rings. The van der Waals surface area contributed by atoms with E-state index < -0.39 is 6.04 Å². The van der Waals surface area contributed by atoms with Crippen LogP contribution >= 0.6 is 11.6 Å². The first kappa shape index (κ1) is 29.2. The maximum absolute atomic E-state index is 13.8. The van der Waals surface area contributed by atoms with Crippen molar-refractivity contribution >= 4 is 35.1 Å². The molecule has 1 heterocycles. The van der Waals surface area contributed by atoms with E-state index >= 15 is 0 Å². The highest BCUT2D eigenvalue weighted by Gasteiger charge is 2.33. The Bertz CT molecular complexity index is 1270. The molecule has 0 bridgehead atoms. The van der Waals surface area contributed by atoms with Crippen LogP contribution in [0.3, 0.4) is 0 Å². The Morgan fingerprint density at radius 1 is 0.950 bits per heavy atom. The zero-order valence-electron chi connectivity index (χ0n) is 22.3. The molecule has 1 fully saturated rings. The zero-order chi connectivity index (χ0) is 28.3. The monoisotopic (exact) mass is 564 g/mol. The highest BCUT2D eigenvalue weighted by atomic mass is 35.5. The molecule has 2 aromatic carbocycles. The Morgan fingerprint density at radius 3 is 2.35 bits per heavy atom. The number of anilines is 1. The van der Waals surface area contributed by atoms with Gasteiger partial charge in [-0.3, -0.25) is 14.4 Å². The second kappa shape index (κ2) is 14.6. The van der Waals surface area contributed by atoms with E-state index in [-0.39, 0.29) is 55.4 Å². The van der Waals surface area contributed by atoms with Crippen molar-refractivity contribution in [3.63, 3.8) is 0 Å². The van der Waals surface area contributed by atoms with Gasteiger partial charge in [-0.25, -0.2) is 9.37 Å². The smallest absolute Gasteiger partial charge is 0.247 e.